The summed E-state index contributed by atoms with van der Waals surface area (Å²) >= 11 is 0. The molecule has 1 fully saturated rings. The Bertz CT molecular complexity index is 675. The SMILES string of the molecule is CCOC(=O)CCC[C@H]1C[C@H](c2cccc(Oc3ccccc3)c2)C1. The van der Waals surface area contributed by atoms with Crippen molar-refractivity contribution in [3.8, 4) is 11.5 Å². The summed E-state index contributed by atoms with van der Waals surface area (Å²) in [4.78, 5) is 11.4. The molecule has 0 atom stereocenters. The van der Waals surface area contributed by atoms with Gasteiger partial charge in [-0.25, -0.2) is 0 Å². The molecule has 0 aliphatic heterocycles. The molecule has 0 bridgehead atoms. The number of carbonyl (C=O) groups is 1. The zero-order valence-corrected chi connectivity index (χ0v) is 14.8. The third kappa shape index (κ3) is 5.09. The van der Waals surface area contributed by atoms with Gasteiger partial charge in [-0.1, -0.05) is 30.3 Å². The summed E-state index contributed by atoms with van der Waals surface area (Å²) in [6.45, 7) is 2.33. The standard InChI is InChI=1S/C22H26O3/c1-2-24-22(23)13-6-8-17-14-19(15-17)18-9-7-12-21(16-18)25-20-10-4-3-5-11-20/h3-5,7,9-12,16-17,19H,2,6,8,13-15H2,1H3/t17-,19-. The van der Waals surface area contributed by atoms with Crippen molar-refractivity contribution in [1.29, 1.82) is 0 Å². The van der Waals surface area contributed by atoms with Gasteiger partial charge >= 0.3 is 5.97 Å². The molecule has 3 rings (SSSR count). The van der Waals surface area contributed by atoms with Gasteiger partial charge in [0.05, 0.1) is 6.61 Å². The average Bonchev–Trinajstić information content (AvgIpc) is 2.58. The minimum Gasteiger partial charge on any atom is -0.466 e. The van der Waals surface area contributed by atoms with E-state index in [1.54, 1.807) is 0 Å². The Kier molecular flexibility index (Phi) is 6.10. The van der Waals surface area contributed by atoms with E-state index in [4.69, 9.17) is 9.47 Å². The largest absolute Gasteiger partial charge is 0.466 e. The number of hydrogen-bond donors (Lipinski definition) is 0. The molecule has 0 heterocycles. The maximum Gasteiger partial charge on any atom is 0.305 e. The van der Waals surface area contributed by atoms with Crippen LogP contribution in [0.2, 0.25) is 0 Å². The third-order valence-electron chi connectivity index (χ3n) is 4.84. The fourth-order valence-corrected chi connectivity index (χ4v) is 3.47. The van der Waals surface area contributed by atoms with E-state index >= 15 is 0 Å². The van der Waals surface area contributed by atoms with Crippen LogP contribution in [0.4, 0.5) is 0 Å². The summed E-state index contributed by atoms with van der Waals surface area (Å²) in [5, 5.41) is 0. The van der Waals surface area contributed by atoms with Crippen molar-refractivity contribution < 1.29 is 14.3 Å². The molecule has 0 N–H and O–H groups in total. The minimum absolute atomic E-state index is 0.0656. The topological polar surface area (TPSA) is 35.5 Å². The lowest BCUT2D eigenvalue weighted by Gasteiger charge is -2.36. The highest BCUT2D eigenvalue weighted by molar-refractivity contribution is 5.69. The van der Waals surface area contributed by atoms with Crippen molar-refractivity contribution in [2.45, 2.75) is 44.9 Å². The zero-order chi connectivity index (χ0) is 17.5. The lowest BCUT2D eigenvalue weighted by molar-refractivity contribution is -0.143. The van der Waals surface area contributed by atoms with Gasteiger partial charge in [0, 0.05) is 6.42 Å². The monoisotopic (exact) mass is 338 g/mol. The van der Waals surface area contributed by atoms with Crippen molar-refractivity contribution in [3.63, 3.8) is 0 Å². The molecule has 1 aliphatic rings. The van der Waals surface area contributed by atoms with Crippen LogP contribution in [0.5, 0.6) is 11.5 Å². The Labute approximate surface area is 150 Å². The first-order chi connectivity index (χ1) is 12.2. The molecule has 1 aliphatic carbocycles. The van der Waals surface area contributed by atoms with Crippen molar-refractivity contribution in [3.05, 3.63) is 60.2 Å². The van der Waals surface area contributed by atoms with E-state index in [0.29, 0.717) is 18.9 Å². The van der Waals surface area contributed by atoms with Crippen LogP contribution in [0.1, 0.15) is 50.5 Å². The van der Waals surface area contributed by atoms with E-state index in [1.165, 1.54) is 18.4 Å². The Hall–Kier alpha value is -2.29. The van der Waals surface area contributed by atoms with Crippen LogP contribution in [0, 0.1) is 5.92 Å². The van der Waals surface area contributed by atoms with Gasteiger partial charge in [0.15, 0.2) is 0 Å². The zero-order valence-electron chi connectivity index (χ0n) is 14.8. The molecule has 0 unspecified atom stereocenters. The first-order valence-corrected chi connectivity index (χ1v) is 9.23. The molecule has 3 heteroatoms. The highest BCUT2D eigenvalue weighted by atomic mass is 16.5. The van der Waals surface area contributed by atoms with Crippen LogP contribution in [0.3, 0.4) is 0 Å². The van der Waals surface area contributed by atoms with Crippen LogP contribution < -0.4 is 4.74 Å². The second kappa shape index (κ2) is 8.70. The molecular weight excluding hydrogens is 312 g/mol. The van der Waals surface area contributed by atoms with E-state index in [9.17, 15) is 4.79 Å². The predicted molar refractivity (Wildman–Crippen MR) is 98.9 cm³/mol. The van der Waals surface area contributed by atoms with Crippen LogP contribution in [-0.4, -0.2) is 12.6 Å². The smallest absolute Gasteiger partial charge is 0.305 e. The summed E-state index contributed by atoms with van der Waals surface area (Å²) in [6.07, 6.45) is 5.02. The van der Waals surface area contributed by atoms with Crippen LogP contribution >= 0.6 is 0 Å². The van der Waals surface area contributed by atoms with E-state index in [2.05, 4.69) is 18.2 Å². The number of rotatable bonds is 8. The molecule has 2 aromatic carbocycles. The number of carbonyl (C=O) groups excluding carboxylic acids is 1. The van der Waals surface area contributed by atoms with Gasteiger partial charge in [-0.2, -0.15) is 0 Å². The molecule has 132 valence electrons. The Morgan fingerprint density at radius 1 is 1.04 bits per heavy atom. The summed E-state index contributed by atoms with van der Waals surface area (Å²) in [7, 11) is 0. The Morgan fingerprint density at radius 3 is 2.56 bits per heavy atom. The van der Waals surface area contributed by atoms with E-state index in [0.717, 1.165) is 30.3 Å². The van der Waals surface area contributed by atoms with Crippen LogP contribution in [0.15, 0.2) is 54.6 Å². The normalized spacial score (nSPS) is 19.1. The molecule has 25 heavy (non-hydrogen) atoms. The molecular formula is C22H26O3. The quantitative estimate of drug-likeness (QED) is 0.579. The predicted octanol–water partition coefficient (Wildman–Crippen LogP) is 5.71. The first kappa shape index (κ1) is 17.5. The maximum absolute atomic E-state index is 11.4. The number of esters is 1. The lowest BCUT2D eigenvalue weighted by atomic mass is 9.69. The summed E-state index contributed by atoms with van der Waals surface area (Å²) in [5.41, 5.74) is 1.36. The highest BCUT2D eigenvalue weighted by Gasteiger charge is 2.30. The second-order valence-electron chi connectivity index (χ2n) is 6.72. The second-order valence-corrected chi connectivity index (χ2v) is 6.72. The number of ether oxygens (including phenoxy) is 2. The van der Waals surface area contributed by atoms with Crippen molar-refractivity contribution in [1.82, 2.24) is 0 Å². The number of hydrogen-bond acceptors (Lipinski definition) is 3. The maximum atomic E-state index is 11.4. The van der Waals surface area contributed by atoms with Gasteiger partial charge in [0.25, 0.3) is 0 Å². The third-order valence-corrected chi connectivity index (χ3v) is 4.84. The number of benzene rings is 2. The Balaban J connectivity index is 1.45. The fourth-order valence-electron chi connectivity index (χ4n) is 3.47. The summed E-state index contributed by atoms with van der Waals surface area (Å²) in [6, 6.07) is 18.3. The molecule has 0 amide bonds. The summed E-state index contributed by atoms with van der Waals surface area (Å²) in [5.74, 6) is 3.05. The lowest BCUT2D eigenvalue weighted by Crippen LogP contribution is -2.22. The Morgan fingerprint density at radius 2 is 1.80 bits per heavy atom. The van der Waals surface area contributed by atoms with Gasteiger partial charge in [-0.3, -0.25) is 4.79 Å². The average molecular weight is 338 g/mol. The van der Waals surface area contributed by atoms with Gasteiger partial charge in [-0.15, -0.1) is 0 Å². The van der Waals surface area contributed by atoms with E-state index < -0.39 is 0 Å². The van der Waals surface area contributed by atoms with Crippen molar-refractivity contribution in [2.24, 2.45) is 5.92 Å². The molecule has 0 saturated heterocycles. The van der Waals surface area contributed by atoms with Crippen molar-refractivity contribution >= 4 is 5.97 Å². The number of para-hydroxylation sites is 1. The van der Waals surface area contributed by atoms with Gasteiger partial charge in [-0.05, 0) is 74.3 Å². The van der Waals surface area contributed by atoms with Gasteiger partial charge in [0.1, 0.15) is 11.5 Å². The molecule has 0 radical (unpaired) electrons. The molecule has 3 nitrogen and oxygen atoms in total. The van der Waals surface area contributed by atoms with Gasteiger partial charge < -0.3 is 9.47 Å². The first-order valence-electron chi connectivity index (χ1n) is 9.23. The van der Waals surface area contributed by atoms with E-state index in [1.807, 2.05) is 43.3 Å². The molecule has 1 saturated carbocycles. The van der Waals surface area contributed by atoms with Crippen LogP contribution in [0.25, 0.3) is 0 Å². The van der Waals surface area contributed by atoms with Gasteiger partial charge in [0.2, 0.25) is 0 Å². The van der Waals surface area contributed by atoms with E-state index in [-0.39, 0.29) is 5.97 Å². The highest BCUT2D eigenvalue weighted by Crippen LogP contribution is 2.44. The minimum atomic E-state index is -0.0656. The molecule has 0 aromatic heterocycles. The molecule has 2 aromatic rings. The summed E-state index contributed by atoms with van der Waals surface area (Å²) < 4.78 is 10.9. The molecule has 0 spiro atoms. The van der Waals surface area contributed by atoms with Crippen molar-refractivity contribution in [2.75, 3.05) is 6.61 Å². The fraction of sp³-hybridized carbons (Fsp3) is 0.409. The van der Waals surface area contributed by atoms with Crippen LogP contribution in [-0.2, 0) is 9.53 Å².